The highest BCUT2D eigenvalue weighted by Crippen LogP contribution is 2.26. The van der Waals surface area contributed by atoms with E-state index >= 15 is 0 Å². The van der Waals surface area contributed by atoms with Crippen LogP contribution in [-0.4, -0.2) is 33.2 Å². The number of phenols is 1. The Morgan fingerprint density at radius 1 is 1.18 bits per heavy atom. The van der Waals surface area contributed by atoms with Gasteiger partial charge in [0.05, 0.1) is 26.2 Å². The Bertz CT molecular complexity index is 1350. The molecule has 3 aromatic carbocycles. The SMILES string of the molecule is O=C(CSc1n[nH]c(-c2ccc(Cl)cc2)[n+]1-c1ccccc1)N/N=C/c1cc(I)cc(I)c1O. The smallest absolute Gasteiger partial charge is 0.342 e. The fourth-order valence-electron chi connectivity index (χ4n) is 3.03. The molecule has 172 valence electrons. The van der Waals surface area contributed by atoms with Crippen LogP contribution in [0.3, 0.4) is 0 Å². The second-order valence-corrected chi connectivity index (χ2v) is 10.7. The number of phenolic OH excluding ortho intramolecular Hbond substituents is 1. The Morgan fingerprint density at radius 2 is 1.91 bits per heavy atom. The summed E-state index contributed by atoms with van der Waals surface area (Å²) >= 11 is 11.5. The second-order valence-electron chi connectivity index (χ2n) is 6.94. The molecule has 1 heterocycles. The van der Waals surface area contributed by atoms with Crippen molar-refractivity contribution in [2.45, 2.75) is 5.16 Å². The van der Waals surface area contributed by atoms with Gasteiger partial charge in [0, 0.05) is 14.2 Å². The lowest BCUT2D eigenvalue weighted by Crippen LogP contribution is -2.34. The monoisotopic (exact) mass is 716 g/mol. The van der Waals surface area contributed by atoms with E-state index < -0.39 is 0 Å². The summed E-state index contributed by atoms with van der Waals surface area (Å²) in [5.74, 6) is 0.707. The molecule has 0 saturated heterocycles. The van der Waals surface area contributed by atoms with Crippen molar-refractivity contribution < 1.29 is 14.5 Å². The van der Waals surface area contributed by atoms with Crippen LogP contribution in [0.25, 0.3) is 17.1 Å². The summed E-state index contributed by atoms with van der Waals surface area (Å²) in [7, 11) is 0. The van der Waals surface area contributed by atoms with Crippen molar-refractivity contribution in [3.8, 4) is 22.8 Å². The van der Waals surface area contributed by atoms with Gasteiger partial charge >= 0.3 is 5.16 Å². The minimum atomic E-state index is -0.295. The van der Waals surface area contributed by atoms with Crippen LogP contribution in [0.15, 0.2) is 77.0 Å². The molecule has 0 saturated carbocycles. The van der Waals surface area contributed by atoms with Crippen LogP contribution in [0, 0.1) is 7.14 Å². The first-order valence-electron chi connectivity index (χ1n) is 9.87. The van der Waals surface area contributed by atoms with Gasteiger partial charge in [0.15, 0.2) is 0 Å². The summed E-state index contributed by atoms with van der Waals surface area (Å²) in [6.07, 6.45) is 1.43. The molecule has 0 bridgehead atoms. The molecule has 0 atom stereocenters. The molecule has 0 aliphatic carbocycles. The number of amides is 1. The summed E-state index contributed by atoms with van der Waals surface area (Å²) in [5, 5.41) is 22.9. The largest absolute Gasteiger partial charge is 0.506 e. The number of aromatic hydroxyl groups is 1. The number of hydrogen-bond acceptors (Lipinski definition) is 5. The Labute approximate surface area is 232 Å². The molecule has 4 aromatic rings. The zero-order valence-electron chi connectivity index (χ0n) is 17.4. The Kier molecular flexibility index (Phi) is 8.45. The van der Waals surface area contributed by atoms with Crippen LogP contribution in [0.5, 0.6) is 5.75 Å². The third-order valence-electron chi connectivity index (χ3n) is 4.59. The predicted octanol–water partition coefficient (Wildman–Crippen LogP) is 5.16. The van der Waals surface area contributed by atoms with Crippen LogP contribution in [0.4, 0.5) is 0 Å². The fourth-order valence-corrected chi connectivity index (χ4v) is 5.81. The van der Waals surface area contributed by atoms with E-state index in [-0.39, 0.29) is 17.4 Å². The van der Waals surface area contributed by atoms with Gasteiger partial charge in [-0.1, -0.05) is 29.8 Å². The van der Waals surface area contributed by atoms with Crippen molar-refractivity contribution in [2.75, 3.05) is 5.75 Å². The van der Waals surface area contributed by atoms with Crippen LogP contribution in [0.1, 0.15) is 5.56 Å². The van der Waals surface area contributed by atoms with Crippen molar-refractivity contribution in [1.29, 1.82) is 0 Å². The van der Waals surface area contributed by atoms with E-state index in [1.165, 1.54) is 18.0 Å². The molecule has 0 spiro atoms. The molecule has 0 aliphatic heterocycles. The highest BCUT2D eigenvalue weighted by atomic mass is 127. The van der Waals surface area contributed by atoms with Crippen molar-refractivity contribution in [2.24, 2.45) is 5.10 Å². The highest BCUT2D eigenvalue weighted by Gasteiger charge is 2.24. The molecule has 0 unspecified atom stereocenters. The fraction of sp³-hybridized carbons (Fsp3) is 0.0435. The summed E-state index contributed by atoms with van der Waals surface area (Å²) in [6, 6.07) is 20.9. The number of halogens is 3. The van der Waals surface area contributed by atoms with Gasteiger partial charge in [-0.15, -0.1) is 5.10 Å². The Hall–Kier alpha value is -2.16. The maximum atomic E-state index is 12.4. The van der Waals surface area contributed by atoms with Gasteiger partial charge in [0.2, 0.25) is 0 Å². The van der Waals surface area contributed by atoms with Crippen LogP contribution in [-0.2, 0) is 4.79 Å². The van der Waals surface area contributed by atoms with Gasteiger partial charge in [-0.2, -0.15) is 9.67 Å². The number of benzene rings is 3. The molecule has 0 fully saturated rings. The molecule has 7 nitrogen and oxygen atoms in total. The minimum Gasteiger partial charge on any atom is -0.506 e. The molecule has 3 N–H and O–H groups in total. The standard InChI is InChI=1S/C23H16ClI2N5O2S/c24-16-8-6-14(7-9-16)22-29-30-23(31(22)18-4-2-1-3-5-18)34-13-20(32)28-27-12-15-10-17(25)11-19(26)21(15)33/h1-12H,13H2,(H2,27,28,32,33)/p+1. The second kappa shape index (κ2) is 11.5. The highest BCUT2D eigenvalue weighted by molar-refractivity contribution is 14.1. The summed E-state index contributed by atoms with van der Waals surface area (Å²) < 4.78 is 3.63. The topological polar surface area (TPSA) is 94.3 Å². The number of carbonyl (C=O) groups is 1. The predicted molar refractivity (Wildman–Crippen MR) is 151 cm³/mol. The molecule has 34 heavy (non-hydrogen) atoms. The quantitative estimate of drug-likeness (QED) is 0.0810. The molecule has 4 rings (SSSR count). The molecule has 11 heteroatoms. The van der Waals surface area contributed by atoms with E-state index in [0.717, 1.165) is 20.6 Å². The number of hydrazone groups is 1. The first-order valence-corrected chi connectivity index (χ1v) is 13.4. The lowest BCUT2D eigenvalue weighted by Gasteiger charge is -2.04. The average molecular weight is 717 g/mol. The number of aromatic nitrogens is 3. The summed E-state index contributed by atoms with van der Waals surface area (Å²) in [5.41, 5.74) is 4.86. The first kappa shape index (κ1) is 24.9. The number of nitrogens with one attached hydrogen (secondary N) is 2. The third-order valence-corrected chi connectivity index (χ3v) is 7.22. The Balaban J connectivity index is 1.50. The van der Waals surface area contributed by atoms with Crippen molar-refractivity contribution in [1.82, 2.24) is 15.6 Å². The number of H-pyrrole nitrogens is 1. The Morgan fingerprint density at radius 3 is 2.65 bits per heavy atom. The van der Waals surface area contributed by atoms with Crippen molar-refractivity contribution in [3.63, 3.8) is 0 Å². The average Bonchev–Trinajstić information content (AvgIpc) is 3.25. The van der Waals surface area contributed by atoms with Gasteiger partial charge < -0.3 is 5.11 Å². The van der Waals surface area contributed by atoms with E-state index in [9.17, 15) is 9.90 Å². The number of hydrogen-bond donors (Lipinski definition) is 3. The van der Waals surface area contributed by atoms with E-state index in [1.807, 2.05) is 65.2 Å². The van der Waals surface area contributed by atoms with Gasteiger partial charge in [-0.05, 0) is 105 Å². The van der Waals surface area contributed by atoms with Crippen molar-refractivity contribution in [3.05, 3.63) is 84.5 Å². The zero-order chi connectivity index (χ0) is 24.1. The number of aromatic amines is 1. The van der Waals surface area contributed by atoms with Crippen LogP contribution >= 0.6 is 68.5 Å². The van der Waals surface area contributed by atoms with Crippen molar-refractivity contribution >= 4 is 80.7 Å². The van der Waals surface area contributed by atoms with Crippen LogP contribution < -0.4 is 9.99 Å². The number of nitrogens with zero attached hydrogens (tertiary/aromatic N) is 3. The zero-order valence-corrected chi connectivity index (χ0v) is 23.3. The van der Waals surface area contributed by atoms with E-state index in [1.54, 1.807) is 6.07 Å². The van der Waals surface area contributed by atoms with Gasteiger partial charge in [-0.3, -0.25) is 4.79 Å². The number of rotatable bonds is 7. The molecule has 0 radical (unpaired) electrons. The summed E-state index contributed by atoms with van der Waals surface area (Å²) in [6.45, 7) is 0. The maximum Gasteiger partial charge on any atom is 0.342 e. The third kappa shape index (κ3) is 6.09. The first-order chi connectivity index (χ1) is 16.4. The van der Waals surface area contributed by atoms with E-state index in [4.69, 9.17) is 11.6 Å². The van der Waals surface area contributed by atoms with Gasteiger partial charge in [0.25, 0.3) is 11.7 Å². The van der Waals surface area contributed by atoms with Gasteiger partial charge in [-0.25, -0.2) is 5.43 Å². The summed E-state index contributed by atoms with van der Waals surface area (Å²) in [4.78, 5) is 12.4. The number of para-hydroxylation sites is 1. The van der Waals surface area contributed by atoms with Gasteiger partial charge in [0.1, 0.15) is 11.4 Å². The number of thioether (sulfide) groups is 1. The van der Waals surface area contributed by atoms with Crippen LogP contribution in [0.2, 0.25) is 5.02 Å². The van der Waals surface area contributed by atoms with E-state index in [0.29, 0.717) is 19.3 Å². The molecular weight excluding hydrogens is 700 g/mol. The lowest BCUT2D eigenvalue weighted by atomic mass is 10.2. The maximum absolute atomic E-state index is 12.4. The molecule has 1 amide bonds. The molecular formula is C23H17ClI2N5O2S+. The lowest BCUT2D eigenvalue weighted by molar-refractivity contribution is -0.625. The normalized spacial score (nSPS) is 11.1. The number of carbonyl (C=O) groups excluding carboxylic acids is 1. The minimum absolute atomic E-state index is 0.102. The van der Waals surface area contributed by atoms with E-state index in [2.05, 4.69) is 65.9 Å². The molecule has 1 aromatic heterocycles. The molecule has 0 aliphatic rings.